The van der Waals surface area contributed by atoms with Crippen LogP contribution in [0.2, 0.25) is 0 Å². The Hall–Kier alpha value is -0.680. The molecular weight excluding hydrogens is 294 g/mol. The maximum atomic E-state index is 5.37. The molecule has 4 nitrogen and oxygen atoms in total. The van der Waals surface area contributed by atoms with Crippen LogP contribution in [-0.2, 0) is 10.2 Å². The molecule has 1 aromatic heterocycles. The van der Waals surface area contributed by atoms with E-state index in [1.165, 1.54) is 0 Å². The third kappa shape index (κ3) is 4.53. The van der Waals surface area contributed by atoms with Gasteiger partial charge in [0.1, 0.15) is 16.2 Å². The third-order valence-electron chi connectivity index (χ3n) is 2.61. The van der Waals surface area contributed by atoms with Crippen molar-refractivity contribution in [2.75, 3.05) is 19.0 Å². The van der Waals surface area contributed by atoms with Crippen molar-refractivity contribution < 1.29 is 4.74 Å². The minimum absolute atomic E-state index is 0.0724. The molecule has 1 heterocycles. The lowest BCUT2D eigenvalue weighted by molar-refractivity contribution is 0.0343. The molecule has 0 aliphatic rings. The third-order valence-corrected chi connectivity index (χ3v) is 3.02. The van der Waals surface area contributed by atoms with Crippen LogP contribution < -0.4 is 5.32 Å². The Morgan fingerprint density at radius 1 is 1.22 bits per heavy atom. The zero-order valence-corrected chi connectivity index (χ0v) is 13.6. The molecule has 102 valence electrons. The number of aromatic nitrogens is 2. The van der Waals surface area contributed by atoms with Gasteiger partial charge in [-0.3, -0.25) is 0 Å². The van der Waals surface area contributed by atoms with E-state index in [-0.39, 0.29) is 11.0 Å². The van der Waals surface area contributed by atoms with Crippen molar-refractivity contribution in [3.8, 4) is 0 Å². The van der Waals surface area contributed by atoms with Crippen molar-refractivity contribution in [2.45, 2.75) is 45.6 Å². The number of hydrogen-bond donors (Lipinski definition) is 1. The largest absolute Gasteiger partial charge is 0.377 e. The number of nitrogens with one attached hydrogen (secondary N) is 1. The minimum Gasteiger partial charge on any atom is -0.377 e. The molecule has 1 N–H and O–H groups in total. The molecule has 0 aliphatic carbocycles. The molecular formula is C13H22BrN3O. The number of ether oxygens (including phenoxy) is 1. The molecule has 0 amide bonds. The molecule has 0 saturated carbocycles. The van der Waals surface area contributed by atoms with Gasteiger partial charge in [-0.1, -0.05) is 20.8 Å². The number of nitrogens with zero attached hydrogens (tertiary/aromatic N) is 2. The number of methoxy groups -OCH3 is 1. The quantitative estimate of drug-likeness (QED) is 0.865. The summed E-state index contributed by atoms with van der Waals surface area (Å²) in [6.07, 6.45) is 0. The molecule has 0 spiro atoms. The summed E-state index contributed by atoms with van der Waals surface area (Å²) < 4.78 is 6.16. The van der Waals surface area contributed by atoms with Gasteiger partial charge in [-0.25, -0.2) is 9.97 Å². The topological polar surface area (TPSA) is 47.0 Å². The van der Waals surface area contributed by atoms with Gasteiger partial charge in [0, 0.05) is 25.1 Å². The van der Waals surface area contributed by atoms with E-state index in [9.17, 15) is 0 Å². The van der Waals surface area contributed by atoms with Crippen LogP contribution in [0, 0.1) is 0 Å². The predicted molar refractivity (Wildman–Crippen MR) is 78.0 cm³/mol. The number of anilines is 1. The van der Waals surface area contributed by atoms with E-state index in [2.05, 4.69) is 52.0 Å². The van der Waals surface area contributed by atoms with Crippen molar-refractivity contribution in [2.24, 2.45) is 0 Å². The summed E-state index contributed by atoms with van der Waals surface area (Å²) in [5.74, 6) is 1.63. The molecule has 5 heteroatoms. The molecule has 1 rings (SSSR count). The smallest absolute Gasteiger partial charge is 0.137 e. The highest BCUT2D eigenvalue weighted by atomic mass is 79.9. The summed E-state index contributed by atoms with van der Waals surface area (Å²) in [6.45, 7) is 11.0. The van der Waals surface area contributed by atoms with Crippen LogP contribution in [0.3, 0.4) is 0 Å². The first kappa shape index (κ1) is 15.4. The van der Waals surface area contributed by atoms with Gasteiger partial charge in [-0.2, -0.15) is 0 Å². The molecule has 0 unspecified atom stereocenters. The lowest BCUT2D eigenvalue weighted by Crippen LogP contribution is -2.32. The minimum atomic E-state index is -0.223. The summed E-state index contributed by atoms with van der Waals surface area (Å²) in [7, 11) is 1.71. The lowest BCUT2D eigenvalue weighted by atomic mass is 9.96. The van der Waals surface area contributed by atoms with E-state index in [0.717, 1.165) is 16.2 Å². The molecule has 0 atom stereocenters. The standard InChI is InChI=1S/C13H22BrN3O/c1-12(2,3)11-16-9(14)7-10(17-11)15-8-13(4,5)18-6/h7H,8H2,1-6H3,(H,15,16,17). The monoisotopic (exact) mass is 315 g/mol. The molecule has 0 saturated heterocycles. The van der Waals surface area contributed by atoms with Gasteiger partial charge in [0.05, 0.1) is 5.60 Å². The Bertz CT molecular complexity index is 413. The van der Waals surface area contributed by atoms with Gasteiger partial charge >= 0.3 is 0 Å². The van der Waals surface area contributed by atoms with E-state index in [0.29, 0.717) is 6.54 Å². The van der Waals surface area contributed by atoms with Gasteiger partial charge in [0.15, 0.2) is 0 Å². The van der Waals surface area contributed by atoms with E-state index < -0.39 is 0 Å². The molecule has 0 radical (unpaired) electrons. The Morgan fingerprint density at radius 3 is 2.33 bits per heavy atom. The molecule has 0 bridgehead atoms. The molecule has 1 aromatic rings. The van der Waals surface area contributed by atoms with Crippen LogP contribution in [0.1, 0.15) is 40.4 Å². The van der Waals surface area contributed by atoms with E-state index in [4.69, 9.17) is 4.74 Å². The average Bonchev–Trinajstić information content (AvgIpc) is 2.25. The number of hydrogen-bond acceptors (Lipinski definition) is 4. The lowest BCUT2D eigenvalue weighted by Gasteiger charge is -2.24. The number of rotatable bonds is 4. The number of halogens is 1. The van der Waals surface area contributed by atoms with Gasteiger partial charge in [0.2, 0.25) is 0 Å². The summed E-state index contributed by atoms with van der Waals surface area (Å²) >= 11 is 3.42. The van der Waals surface area contributed by atoms with E-state index in [1.54, 1.807) is 7.11 Å². The average molecular weight is 316 g/mol. The summed E-state index contributed by atoms with van der Waals surface area (Å²) in [6, 6.07) is 1.88. The Kier molecular flexibility index (Phi) is 4.72. The Labute approximate surface area is 118 Å². The highest BCUT2D eigenvalue weighted by Gasteiger charge is 2.20. The first-order valence-electron chi connectivity index (χ1n) is 5.98. The molecule has 0 fully saturated rings. The Balaban J connectivity index is 2.88. The fourth-order valence-corrected chi connectivity index (χ4v) is 1.60. The fraction of sp³-hybridized carbons (Fsp3) is 0.692. The highest BCUT2D eigenvalue weighted by molar-refractivity contribution is 9.10. The normalized spacial score (nSPS) is 12.6. The van der Waals surface area contributed by atoms with Crippen LogP contribution >= 0.6 is 15.9 Å². The summed E-state index contributed by atoms with van der Waals surface area (Å²) in [5, 5.41) is 3.28. The summed E-state index contributed by atoms with van der Waals surface area (Å²) in [5.41, 5.74) is -0.295. The van der Waals surface area contributed by atoms with Gasteiger partial charge in [-0.15, -0.1) is 0 Å². The Morgan fingerprint density at radius 2 is 1.83 bits per heavy atom. The SMILES string of the molecule is COC(C)(C)CNc1cc(Br)nc(C(C)(C)C)n1. The maximum Gasteiger partial charge on any atom is 0.137 e. The van der Waals surface area contributed by atoms with Crippen LogP contribution in [0.25, 0.3) is 0 Å². The zero-order chi connectivity index (χ0) is 14.0. The van der Waals surface area contributed by atoms with E-state index in [1.807, 2.05) is 19.9 Å². The first-order valence-corrected chi connectivity index (χ1v) is 6.77. The highest BCUT2D eigenvalue weighted by Crippen LogP contribution is 2.22. The second-order valence-corrected chi connectivity index (χ2v) is 6.78. The second-order valence-electron chi connectivity index (χ2n) is 5.97. The molecule has 18 heavy (non-hydrogen) atoms. The zero-order valence-electron chi connectivity index (χ0n) is 12.0. The van der Waals surface area contributed by atoms with Crippen molar-refractivity contribution >= 4 is 21.7 Å². The summed E-state index contributed by atoms with van der Waals surface area (Å²) in [4.78, 5) is 8.94. The van der Waals surface area contributed by atoms with E-state index >= 15 is 0 Å². The second kappa shape index (κ2) is 5.53. The van der Waals surface area contributed by atoms with Gasteiger partial charge in [0.25, 0.3) is 0 Å². The van der Waals surface area contributed by atoms with Crippen LogP contribution in [0.4, 0.5) is 5.82 Å². The maximum absolute atomic E-state index is 5.37. The first-order chi connectivity index (χ1) is 8.14. The van der Waals surface area contributed by atoms with Crippen LogP contribution in [-0.4, -0.2) is 29.2 Å². The molecule has 0 aromatic carbocycles. The fourth-order valence-electron chi connectivity index (χ4n) is 1.22. The van der Waals surface area contributed by atoms with Crippen molar-refractivity contribution in [3.63, 3.8) is 0 Å². The van der Waals surface area contributed by atoms with Crippen molar-refractivity contribution in [1.29, 1.82) is 0 Å². The molecule has 0 aliphatic heterocycles. The van der Waals surface area contributed by atoms with Gasteiger partial charge in [-0.05, 0) is 29.8 Å². The van der Waals surface area contributed by atoms with Crippen molar-refractivity contribution in [1.82, 2.24) is 9.97 Å². The predicted octanol–water partition coefficient (Wildman–Crippen LogP) is 3.37. The van der Waals surface area contributed by atoms with Crippen molar-refractivity contribution in [3.05, 3.63) is 16.5 Å². The van der Waals surface area contributed by atoms with Crippen LogP contribution in [0.15, 0.2) is 10.7 Å². The van der Waals surface area contributed by atoms with Crippen LogP contribution in [0.5, 0.6) is 0 Å². The van der Waals surface area contributed by atoms with Gasteiger partial charge < -0.3 is 10.1 Å².